The summed E-state index contributed by atoms with van der Waals surface area (Å²) in [5, 5.41) is 13.5. The Morgan fingerprint density at radius 3 is 2.80 bits per heavy atom. The lowest BCUT2D eigenvalue weighted by Crippen LogP contribution is -2.24. The van der Waals surface area contributed by atoms with Gasteiger partial charge in [-0.1, -0.05) is 0 Å². The number of aromatic nitrogens is 4. The van der Waals surface area contributed by atoms with E-state index in [9.17, 15) is 8.42 Å². The van der Waals surface area contributed by atoms with Crippen LogP contribution in [0.1, 0.15) is 6.42 Å². The molecule has 0 radical (unpaired) electrons. The Kier molecular flexibility index (Phi) is 4.35. The van der Waals surface area contributed by atoms with Crippen molar-refractivity contribution < 1.29 is 8.42 Å². The fourth-order valence-corrected chi connectivity index (χ4v) is 2.15. The van der Waals surface area contributed by atoms with Crippen LogP contribution < -0.4 is 15.4 Å². The molecule has 2 aromatic rings. The first-order valence-corrected chi connectivity index (χ1v) is 7.96. The van der Waals surface area contributed by atoms with E-state index in [0.717, 1.165) is 11.6 Å². The van der Waals surface area contributed by atoms with Gasteiger partial charge in [-0.15, -0.1) is 0 Å². The number of nitrogens with one attached hydrogen (secondary N) is 4. The Morgan fingerprint density at radius 2 is 2.10 bits per heavy atom. The van der Waals surface area contributed by atoms with Gasteiger partial charge in [0, 0.05) is 20.1 Å². The number of fused-ring (bicyclic) bond motifs is 1. The highest BCUT2D eigenvalue weighted by Gasteiger charge is 2.08. The van der Waals surface area contributed by atoms with E-state index in [0.29, 0.717) is 36.9 Å². The number of nitrogens with zero attached hydrogens (tertiary/aromatic N) is 3. The fraction of sp³-hybridized carbons (Fsp3) is 0.500. The Hall–Kier alpha value is -1.94. The quantitative estimate of drug-likeness (QED) is 0.519. The molecule has 0 bridgehead atoms. The minimum absolute atomic E-state index is 0.379. The van der Waals surface area contributed by atoms with Crippen molar-refractivity contribution >= 4 is 32.8 Å². The monoisotopic (exact) mass is 299 g/mol. The van der Waals surface area contributed by atoms with Gasteiger partial charge < -0.3 is 10.6 Å². The Morgan fingerprint density at radius 1 is 1.30 bits per heavy atom. The lowest BCUT2D eigenvalue weighted by atomic mass is 10.3. The average Bonchev–Trinajstić information content (AvgIpc) is 2.84. The van der Waals surface area contributed by atoms with Crippen molar-refractivity contribution in [1.29, 1.82) is 0 Å². The maximum atomic E-state index is 10.9. The number of hydrogen-bond acceptors (Lipinski definition) is 7. The van der Waals surface area contributed by atoms with E-state index in [1.807, 2.05) is 0 Å². The van der Waals surface area contributed by atoms with Crippen LogP contribution >= 0.6 is 0 Å². The average molecular weight is 299 g/mol. The molecule has 10 heteroatoms. The van der Waals surface area contributed by atoms with Crippen LogP contribution in [-0.2, 0) is 10.0 Å². The molecule has 0 aliphatic heterocycles. The summed E-state index contributed by atoms with van der Waals surface area (Å²) in [4.78, 5) is 8.53. The first-order chi connectivity index (χ1) is 9.49. The van der Waals surface area contributed by atoms with Crippen LogP contribution in [0.4, 0.5) is 11.8 Å². The maximum Gasteiger partial charge on any atom is 0.226 e. The number of H-pyrrole nitrogens is 1. The van der Waals surface area contributed by atoms with Crippen LogP contribution in [0.5, 0.6) is 0 Å². The summed E-state index contributed by atoms with van der Waals surface area (Å²) in [6, 6.07) is 0. The zero-order valence-corrected chi connectivity index (χ0v) is 12.1. The third-order valence-corrected chi connectivity index (χ3v) is 3.27. The van der Waals surface area contributed by atoms with Gasteiger partial charge in [0.25, 0.3) is 0 Å². The number of anilines is 2. The molecule has 0 saturated heterocycles. The molecular formula is C10H17N7O2S. The molecule has 0 amide bonds. The van der Waals surface area contributed by atoms with Gasteiger partial charge in [-0.3, -0.25) is 5.10 Å². The van der Waals surface area contributed by atoms with Crippen LogP contribution in [0.15, 0.2) is 6.20 Å². The largest absolute Gasteiger partial charge is 0.369 e. The van der Waals surface area contributed by atoms with E-state index < -0.39 is 10.0 Å². The highest BCUT2D eigenvalue weighted by Crippen LogP contribution is 2.19. The molecule has 2 aromatic heterocycles. The highest BCUT2D eigenvalue weighted by molar-refractivity contribution is 7.88. The summed E-state index contributed by atoms with van der Waals surface area (Å²) in [5.74, 6) is 1.14. The fourth-order valence-electron chi connectivity index (χ4n) is 1.63. The molecule has 0 aliphatic rings. The summed E-state index contributed by atoms with van der Waals surface area (Å²) in [6.07, 6.45) is 3.43. The van der Waals surface area contributed by atoms with E-state index in [1.165, 1.54) is 0 Å². The minimum atomic E-state index is -3.13. The van der Waals surface area contributed by atoms with Gasteiger partial charge in [-0.2, -0.15) is 15.1 Å². The lowest BCUT2D eigenvalue weighted by Gasteiger charge is -2.08. The molecule has 0 saturated carbocycles. The molecule has 110 valence electrons. The van der Waals surface area contributed by atoms with Crippen LogP contribution in [0.2, 0.25) is 0 Å². The minimum Gasteiger partial charge on any atom is -0.369 e. The second-order valence-electron chi connectivity index (χ2n) is 4.22. The van der Waals surface area contributed by atoms with Crippen molar-refractivity contribution in [2.45, 2.75) is 6.42 Å². The second kappa shape index (κ2) is 6.01. The van der Waals surface area contributed by atoms with Crippen molar-refractivity contribution in [3.05, 3.63) is 6.20 Å². The van der Waals surface area contributed by atoms with Gasteiger partial charge in [0.05, 0.1) is 17.8 Å². The first kappa shape index (κ1) is 14.5. The Balaban J connectivity index is 1.97. The smallest absolute Gasteiger partial charge is 0.226 e. The molecule has 0 atom stereocenters. The summed E-state index contributed by atoms with van der Waals surface area (Å²) >= 11 is 0. The topological polar surface area (TPSA) is 125 Å². The van der Waals surface area contributed by atoms with Crippen molar-refractivity contribution in [1.82, 2.24) is 24.9 Å². The highest BCUT2D eigenvalue weighted by atomic mass is 32.2. The molecule has 4 N–H and O–H groups in total. The number of aromatic amines is 1. The number of sulfonamides is 1. The van der Waals surface area contributed by atoms with Gasteiger partial charge >= 0.3 is 0 Å². The number of rotatable bonds is 7. The van der Waals surface area contributed by atoms with Gasteiger partial charge in [0.2, 0.25) is 16.0 Å². The Bertz CT molecular complexity index is 682. The van der Waals surface area contributed by atoms with Crippen molar-refractivity contribution in [2.24, 2.45) is 0 Å². The lowest BCUT2D eigenvalue weighted by molar-refractivity contribution is 0.586. The maximum absolute atomic E-state index is 10.9. The second-order valence-corrected chi connectivity index (χ2v) is 6.06. The van der Waals surface area contributed by atoms with E-state index >= 15 is 0 Å². The number of hydrogen-bond donors (Lipinski definition) is 4. The molecule has 20 heavy (non-hydrogen) atoms. The molecule has 9 nitrogen and oxygen atoms in total. The molecule has 0 spiro atoms. The van der Waals surface area contributed by atoms with E-state index in [-0.39, 0.29) is 0 Å². The summed E-state index contributed by atoms with van der Waals surface area (Å²) < 4.78 is 24.3. The van der Waals surface area contributed by atoms with Crippen LogP contribution in [0.3, 0.4) is 0 Å². The zero-order chi connectivity index (χ0) is 14.6. The van der Waals surface area contributed by atoms with Crippen molar-refractivity contribution in [2.75, 3.05) is 37.0 Å². The summed E-state index contributed by atoms with van der Waals surface area (Å²) in [6.45, 7) is 0.966. The molecule has 2 heterocycles. The van der Waals surface area contributed by atoms with Crippen LogP contribution in [0, 0.1) is 0 Å². The predicted molar refractivity (Wildman–Crippen MR) is 77.2 cm³/mol. The van der Waals surface area contributed by atoms with E-state index in [1.54, 1.807) is 13.2 Å². The normalized spacial score (nSPS) is 11.7. The summed E-state index contributed by atoms with van der Waals surface area (Å²) in [5.41, 5.74) is 0.640. The third kappa shape index (κ3) is 3.78. The van der Waals surface area contributed by atoms with Crippen LogP contribution in [-0.4, -0.2) is 55.0 Å². The zero-order valence-electron chi connectivity index (χ0n) is 11.3. The van der Waals surface area contributed by atoms with Gasteiger partial charge in [0.1, 0.15) is 5.82 Å². The van der Waals surface area contributed by atoms with Crippen LogP contribution in [0.25, 0.3) is 11.0 Å². The first-order valence-electron chi connectivity index (χ1n) is 6.07. The van der Waals surface area contributed by atoms with E-state index in [4.69, 9.17) is 0 Å². The molecule has 0 fully saturated rings. The van der Waals surface area contributed by atoms with Gasteiger partial charge in [0.15, 0.2) is 5.65 Å². The van der Waals surface area contributed by atoms with Gasteiger partial charge in [-0.25, -0.2) is 13.1 Å². The van der Waals surface area contributed by atoms with Gasteiger partial charge in [-0.05, 0) is 6.42 Å². The van der Waals surface area contributed by atoms with E-state index in [2.05, 4.69) is 35.5 Å². The molecule has 0 aliphatic carbocycles. The standard InChI is InChI=1S/C10H17N7O2S/c1-11-10-15-8(7-6-13-17-9(7)16-10)12-4-3-5-14-20(2,18)19/h6,14H,3-5H2,1-2H3,(H3,11,12,13,15,16,17). The third-order valence-electron chi connectivity index (χ3n) is 2.54. The van der Waals surface area contributed by atoms with Crippen molar-refractivity contribution in [3.63, 3.8) is 0 Å². The Labute approximate surface area is 116 Å². The molecule has 0 aromatic carbocycles. The van der Waals surface area contributed by atoms with Crippen molar-refractivity contribution in [3.8, 4) is 0 Å². The molecule has 2 rings (SSSR count). The predicted octanol–water partition coefficient (Wildman–Crippen LogP) is -0.254. The SMILES string of the molecule is CNc1nc(NCCCNS(C)(=O)=O)c2cn[nH]c2n1. The molecule has 0 unspecified atom stereocenters. The summed E-state index contributed by atoms with van der Waals surface area (Å²) in [7, 11) is -1.40. The molecular weight excluding hydrogens is 282 g/mol.